The SMILES string of the molecule is CSCCC(NC(=O)C(CCSC)NC(=O)C1CCCN1C(=O)C(N)Cc1c[nH]c2ccccc12)C(=O)O. The van der Waals surface area contributed by atoms with Crippen molar-refractivity contribution in [3.63, 3.8) is 0 Å². The summed E-state index contributed by atoms with van der Waals surface area (Å²) in [6, 6.07) is 4.31. The number of amides is 3. The third kappa shape index (κ3) is 7.67. The number of H-pyrrole nitrogens is 1. The first-order valence-electron chi connectivity index (χ1n) is 12.7. The molecule has 2 heterocycles. The number of nitrogens with one attached hydrogen (secondary N) is 3. The molecule has 0 radical (unpaired) electrons. The molecule has 38 heavy (non-hydrogen) atoms. The molecule has 1 saturated heterocycles. The fraction of sp³-hybridized carbons (Fsp3) is 0.538. The lowest BCUT2D eigenvalue weighted by Gasteiger charge is -2.28. The summed E-state index contributed by atoms with van der Waals surface area (Å²) in [5.74, 6) is -1.19. The van der Waals surface area contributed by atoms with E-state index in [1.807, 2.05) is 43.0 Å². The highest BCUT2D eigenvalue weighted by Crippen LogP contribution is 2.22. The molecule has 0 bridgehead atoms. The van der Waals surface area contributed by atoms with Crippen LogP contribution in [0.3, 0.4) is 0 Å². The Morgan fingerprint density at radius 2 is 1.79 bits per heavy atom. The van der Waals surface area contributed by atoms with Crippen LogP contribution in [0, 0.1) is 0 Å². The van der Waals surface area contributed by atoms with Gasteiger partial charge in [-0.15, -0.1) is 0 Å². The summed E-state index contributed by atoms with van der Waals surface area (Å²) in [6.07, 6.45) is 7.69. The molecule has 4 unspecified atom stereocenters. The van der Waals surface area contributed by atoms with Crippen LogP contribution in [0.4, 0.5) is 0 Å². The van der Waals surface area contributed by atoms with Crippen LogP contribution in [-0.4, -0.2) is 93.4 Å². The number of hydrogen-bond acceptors (Lipinski definition) is 7. The van der Waals surface area contributed by atoms with E-state index in [0.29, 0.717) is 43.7 Å². The first-order chi connectivity index (χ1) is 18.3. The molecular formula is C26H37N5O5S2. The number of aromatic amines is 1. The summed E-state index contributed by atoms with van der Waals surface area (Å²) in [5, 5.41) is 15.8. The van der Waals surface area contributed by atoms with E-state index in [9.17, 15) is 24.3 Å². The van der Waals surface area contributed by atoms with Crippen molar-refractivity contribution in [2.24, 2.45) is 5.73 Å². The summed E-state index contributed by atoms with van der Waals surface area (Å²) in [7, 11) is 0. The summed E-state index contributed by atoms with van der Waals surface area (Å²) in [6.45, 7) is 0.413. The zero-order valence-corrected chi connectivity index (χ0v) is 23.4. The molecule has 208 valence electrons. The Balaban J connectivity index is 1.65. The minimum absolute atomic E-state index is 0.282. The minimum atomic E-state index is -1.11. The number of aromatic nitrogens is 1. The molecule has 0 saturated carbocycles. The van der Waals surface area contributed by atoms with Gasteiger partial charge in [0.25, 0.3) is 0 Å². The molecule has 2 aromatic rings. The van der Waals surface area contributed by atoms with Crippen molar-refractivity contribution in [2.75, 3.05) is 30.6 Å². The minimum Gasteiger partial charge on any atom is -0.480 e. The Hall–Kier alpha value is -2.70. The molecule has 1 aromatic heterocycles. The Morgan fingerprint density at radius 3 is 2.47 bits per heavy atom. The summed E-state index contributed by atoms with van der Waals surface area (Å²) < 4.78 is 0. The van der Waals surface area contributed by atoms with Crippen LogP contribution in [0.5, 0.6) is 0 Å². The number of nitrogens with zero attached hydrogens (tertiary/aromatic N) is 1. The number of fused-ring (bicyclic) bond motifs is 1. The van der Waals surface area contributed by atoms with Crippen molar-refractivity contribution in [1.29, 1.82) is 0 Å². The van der Waals surface area contributed by atoms with Crippen molar-refractivity contribution >= 4 is 58.1 Å². The van der Waals surface area contributed by atoms with Gasteiger partial charge in [0.1, 0.15) is 18.1 Å². The van der Waals surface area contributed by atoms with Crippen LogP contribution in [0.15, 0.2) is 30.5 Å². The standard InChI is InChI=1S/C26H37N5O5S2/c1-37-12-9-20(23(32)30-21(26(35)36)10-13-38-2)29-24(33)22-8-5-11-31(22)25(34)18(27)14-16-15-28-19-7-4-3-6-17(16)19/h3-4,6-7,15,18,20-22,28H,5,8-14,27H2,1-2H3,(H,29,33)(H,30,32)(H,35,36). The van der Waals surface area contributed by atoms with E-state index >= 15 is 0 Å². The van der Waals surface area contributed by atoms with Crippen LogP contribution in [0.1, 0.15) is 31.2 Å². The molecule has 0 aliphatic carbocycles. The van der Waals surface area contributed by atoms with Crippen LogP contribution in [-0.2, 0) is 25.6 Å². The molecule has 6 N–H and O–H groups in total. The topological polar surface area (TPSA) is 158 Å². The van der Waals surface area contributed by atoms with Crippen molar-refractivity contribution in [3.05, 3.63) is 36.0 Å². The number of para-hydroxylation sites is 1. The number of likely N-dealkylation sites (tertiary alicyclic amines) is 1. The molecular weight excluding hydrogens is 526 g/mol. The Bertz CT molecular complexity index is 1130. The van der Waals surface area contributed by atoms with Crippen molar-refractivity contribution < 1.29 is 24.3 Å². The quantitative estimate of drug-likeness (QED) is 0.232. The average Bonchev–Trinajstić information content (AvgIpc) is 3.56. The number of nitrogens with two attached hydrogens (primary N) is 1. The highest BCUT2D eigenvalue weighted by molar-refractivity contribution is 7.98. The van der Waals surface area contributed by atoms with Crippen LogP contribution < -0.4 is 16.4 Å². The molecule has 3 amide bonds. The predicted molar refractivity (Wildman–Crippen MR) is 152 cm³/mol. The zero-order valence-electron chi connectivity index (χ0n) is 21.8. The largest absolute Gasteiger partial charge is 0.480 e. The monoisotopic (exact) mass is 563 g/mol. The molecule has 12 heteroatoms. The third-order valence-corrected chi connectivity index (χ3v) is 8.03. The van der Waals surface area contributed by atoms with E-state index in [2.05, 4.69) is 15.6 Å². The van der Waals surface area contributed by atoms with E-state index in [1.54, 1.807) is 0 Å². The lowest BCUT2D eigenvalue weighted by Crippen LogP contribution is -2.57. The van der Waals surface area contributed by atoms with Crippen LogP contribution >= 0.6 is 23.5 Å². The summed E-state index contributed by atoms with van der Waals surface area (Å²) in [5.41, 5.74) is 8.22. The number of thioether (sulfide) groups is 2. The van der Waals surface area contributed by atoms with Gasteiger partial charge in [-0.2, -0.15) is 23.5 Å². The van der Waals surface area contributed by atoms with E-state index in [0.717, 1.165) is 16.5 Å². The van der Waals surface area contributed by atoms with Gasteiger partial charge in [-0.05, 0) is 67.8 Å². The Kier molecular flexibility index (Phi) is 11.4. The van der Waals surface area contributed by atoms with Gasteiger partial charge in [0, 0.05) is 23.6 Å². The fourth-order valence-corrected chi connectivity index (χ4v) is 5.62. The maximum absolute atomic E-state index is 13.3. The lowest BCUT2D eigenvalue weighted by molar-refractivity contribution is -0.143. The van der Waals surface area contributed by atoms with Gasteiger partial charge < -0.3 is 31.4 Å². The van der Waals surface area contributed by atoms with Gasteiger partial charge >= 0.3 is 5.97 Å². The van der Waals surface area contributed by atoms with E-state index in [-0.39, 0.29) is 12.3 Å². The lowest BCUT2D eigenvalue weighted by atomic mass is 10.0. The molecule has 0 spiro atoms. The highest BCUT2D eigenvalue weighted by Gasteiger charge is 2.38. The molecule has 10 nitrogen and oxygen atoms in total. The van der Waals surface area contributed by atoms with E-state index in [4.69, 9.17) is 5.73 Å². The summed E-state index contributed by atoms with van der Waals surface area (Å²) >= 11 is 3.02. The normalized spacial score (nSPS) is 17.7. The maximum atomic E-state index is 13.3. The molecule has 1 fully saturated rings. The second-order valence-corrected chi connectivity index (χ2v) is 11.4. The number of benzene rings is 1. The Morgan fingerprint density at radius 1 is 1.11 bits per heavy atom. The first kappa shape index (κ1) is 29.9. The third-order valence-electron chi connectivity index (χ3n) is 6.74. The Labute approximate surface area is 231 Å². The van der Waals surface area contributed by atoms with E-state index in [1.165, 1.54) is 28.4 Å². The number of hydrogen-bond donors (Lipinski definition) is 5. The number of carboxylic acid groups (broad SMARTS) is 1. The number of aliphatic carboxylic acids is 1. The summed E-state index contributed by atoms with van der Waals surface area (Å²) in [4.78, 5) is 55.9. The predicted octanol–water partition coefficient (Wildman–Crippen LogP) is 1.59. The first-order valence-corrected chi connectivity index (χ1v) is 15.5. The fourth-order valence-electron chi connectivity index (χ4n) is 4.68. The van der Waals surface area contributed by atoms with Gasteiger partial charge in [-0.25, -0.2) is 4.79 Å². The number of carbonyl (C=O) groups excluding carboxylic acids is 3. The highest BCUT2D eigenvalue weighted by atomic mass is 32.2. The second-order valence-electron chi connectivity index (χ2n) is 9.38. The number of rotatable bonds is 14. The van der Waals surface area contributed by atoms with E-state index < -0.39 is 42.0 Å². The van der Waals surface area contributed by atoms with Crippen molar-refractivity contribution in [2.45, 2.75) is 56.3 Å². The maximum Gasteiger partial charge on any atom is 0.326 e. The molecule has 1 aliphatic heterocycles. The number of carbonyl (C=O) groups is 4. The number of carboxylic acids is 1. The second kappa shape index (κ2) is 14.5. The van der Waals surface area contributed by atoms with Crippen molar-refractivity contribution in [3.8, 4) is 0 Å². The molecule has 1 aromatic carbocycles. The molecule has 4 atom stereocenters. The van der Waals surface area contributed by atoms with Gasteiger partial charge in [0.15, 0.2) is 0 Å². The zero-order chi connectivity index (χ0) is 27.7. The van der Waals surface area contributed by atoms with Crippen molar-refractivity contribution in [1.82, 2.24) is 20.5 Å². The van der Waals surface area contributed by atoms with Gasteiger partial charge in [-0.1, -0.05) is 18.2 Å². The van der Waals surface area contributed by atoms with Crippen LogP contribution in [0.2, 0.25) is 0 Å². The van der Waals surface area contributed by atoms with Gasteiger partial charge in [0.05, 0.1) is 6.04 Å². The smallest absolute Gasteiger partial charge is 0.326 e. The van der Waals surface area contributed by atoms with Gasteiger partial charge in [-0.3, -0.25) is 14.4 Å². The van der Waals surface area contributed by atoms with Gasteiger partial charge in [0.2, 0.25) is 17.7 Å². The molecule has 3 rings (SSSR count). The van der Waals surface area contributed by atoms with Crippen LogP contribution in [0.25, 0.3) is 10.9 Å². The average molecular weight is 564 g/mol. The molecule has 1 aliphatic rings.